The average molecular weight is 256 g/mol. The van der Waals surface area contributed by atoms with Crippen LogP contribution >= 0.6 is 11.6 Å². The molecule has 1 aromatic rings. The van der Waals surface area contributed by atoms with Gasteiger partial charge in [-0.3, -0.25) is 4.79 Å². The minimum absolute atomic E-state index is 0.181. The van der Waals surface area contributed by atoms with Crippen LogP contribution in [0, 0.1) is 5.41 Å². The molecule has 0 aromatic carbocycles. The third kappa shape index (κ3) is 2.18. The lowest BCUT2D eigenvalue weighted by Gasteiger charge is -2.32. The minimum Gasteiger partial charge on any atom is -0.336 e. The molecule has 0 fully saturated rings. The Kier molecular flexibility index (Phi) is 2.94. The Morgan fingerprint density at radius 2 is 2.06 bits per heavy atom. The molecule has 0 bridgehead atoms. The van der Waals surface area contributed by atoms with Crippen molar-refractivity contribution >= 4 is 17.5 Å². The summed E-state index contributed by atoms with van der Waals surface area (Å²) < 4.78 is 1.86. The number of halogens is 1. The monoisotopic (exact) mass is 255 g/mol. The van der Waals surface area contributed by atoms with Gasteiger partial charge in [0, 0.05) is 25.4 Å². The van der Waals surface area contributed by atoms with Crippen molar-refractivity contribution in [1.29, 1.82) is 0 Å². The van der Waals surface area contributed by atoms with Gasteiger partial charge in [0.2, 0.25) is 11.2 Å². The minimum atomic E-state index is -0.333. The summed E-state index contributed by atoms with van der Waals surface area (Å²) >= 11 is 5.99. The van der Waals surface area contributed by atoms with Crippen molar-refractivity contribution in [3.63, 3.8) is 0 Å². The van der Waals surface area contributed by atoms with Crippen LogP contribution in [0.15, 0.2) is 0 Å². The highest BCUT2D eigenvalue weighted by Gasteiger charge is 2.31. The number of aromatic nitrogens is 2. The van der Waals surface area contributed by atoms with Gasteiger partial charge in [-0.05, 0) is 11.6 Å². The van der Waals surface area contributed by atoms with E-state index < -0.39 is 0 Å². The van der Waals surface area contributed by atoms with E-state index in [9.17, 15) is 4.79 Å². The highest BCUT2D eigenvalue weighted by atomic mass is 35.5. The predicted molar refractivity (Wildman–Crippen MR) is 66.8 cm³/mol. The molecule has 0 saturated heterocycles. The molecule has 1 aliphatic heterocycles. The Balaban J connectivity index is 2.24. The molecular weight excluding hydrogens is 238 g/mol. The number of nitrogens with zero attached hydrogens (tertiary/aromatic N) is 3. The number of hydrogen-bond donors (Lipinski definition) is 0. The number of imidazole rings is 1. The fourth-order valence-corrected chi connectivity index (χ4v) is 2.31. The Hall–Kier alpha value is -1.03. The second-order valence-electron chi connectivity index (χ2n) is 5.56. The van der Waals surface area contributed by atoms with E-state index in [1.165, 1.54) is 0 Å². The molecular formula is C12H18ClN3O. The van der Waals surface area contributed by atoms with E-state index in [2.05, 4.69) is 4.98 Å². The van der Waals surface area contributed by atoms with Crippen molar-refractivity contribution in [2.24, 2.45) is 12.5 Å². The van der Waals surface area contributed by atoms with E-state index in [1.807, 2.05) is 37.3 Å². The molecule has 5 heteroatoms. The second-order valence-corrected chi connectivity index (χ2v) is 5.90. The molecule has 2 heterocycles. The van der Waals surface area contributed by atoms with Gasteiger partial charge >= 0.3 is 0 Å². The first-order chi connectivity index (χ1) is 7.80. The van der Waals surface area contributed by atoms with Crippen LogP contribution in [0.3, 0.4) is 0 Å². The van der Waals surface area contributed by atoms with Crippen molar-refractivity contribution in [1.82, 2.24) is 14.5 Å². The molecule has 2 rings (SSSR count). The molecule has 1 amide bonds. The maximum Gasteiger partial charge on any atom is 0.228 e. The molecule has 94 valence electrons. The number of fused-ring (bicyclic) bond motifs is 1. The van der Waals surface area contributed by atoms with Gasteiger partial charge in [0.05, 0.1) is 17.9 Å². The van der Waals surface area contributed by atoms with Crippen molar-refractivity contribution in [3.05, 3.63) is 16.7 Å². The lowest BCUT2D eigenvalue weighted by molar-refractivity contribution is -0.140. The number of rotatable bonds is 0. The standard InChI is InChI=1S/C12H18ClN3O/c1-12(2,3)10(17)16-6-5-8-9(7-16)15(4)11(13)14-8/h5-7H2,1-4H3. The zero-order chi connectivity index (χ0) is 12.8. The van der Waals surface area contributed by atoms with E-state index >= 15 is 0 Å². The van der Waals surface area contributed by atoms with Crippen molar-refractivity contribution in [2.45, 2.75) is 33.7 Å². The summed E-state index contributed by atoms with van der Waals surface area (Å²) in [6.45, 7) is 7.18. The molecule has 0 saturated carbocycles. The third-order valence-electron chi connectivity index (χ3n) is 3.13. The summed E-state index contributed by atoms with van der Waals surface area (Å²) in [6, 6.07) is 0. The molecule has 0 atom stereocenters. The topological polar surface area (TPSA) is 38.1 Å². The molecule has 4 nitrogen and oxygen atoms in total. The van der Waals surface area contributed by atoms with Crippen LogP contribution in [0.25, 0.3) is 0 Å². The van der Waals surface area contributed by atoms with Gasteiger partial charge in [0.25, 0.3) is 0 Å². The van der Waals surface area contributed by atoms with Crippen molar-refractivity contribution < 1.29 is 4.79 Å². The average Bonchev–Trinajstić information content (AvgIpc) is 2.52. The first-order valence-electron chi connectivity index (χ1n) is 5.80. The number of carbonyl (C=O) groups is 1. The summed E-state index contributed by atoms with van der Waals surface area (Å²) in [6.07, 6.45) is 0.789. The fraction of sp³-hybridized carbons (Fsp3) is 0.667. The van der Waals surface area contributed by atoms with E-state index in [0.29, 0.717) is 11.8 Å². The van der Waals surface area contributed by atoms with Crippen LogP contribution in [-0.2, 0) is 24.8 Å². The van der Waals surface area contributed by atoms with Crippen LogP contribution < -0.4 is 0 Å². The Labute approximate surface area is 107 Å². The van der Waals surface area contributed by atoms with Crippen molar-refractivity contribution in [2.75, 3.05) is 6.54 Å². The van der Waals surface area contributed by atoms with Crippen LogP contribution in [0.4, 0.5) is 0 Å². The Morgan fingerprint density at radius 3 is 2.65 bits per heavy atom. The van der Waals surface area contributed by atoms with Crippen LogP contribution in [0.5, 0.6) is 0 Å². The summed E-state index contributed by atoms with van der Waals surface area (Å²) in [4.78, 5) is 18.4. The molecule has 0 radical (unpaired) electrons. The summed E-state index contributed by atoms with van der Waals surface area (Å²) in [5.41, 5.74) is 1.74. The molecule has 0 N–H and O–H groups in total. The third-order valence-corrected chi connectivity index (χ3v) is 3.47. The van der Waals surface area contributed by atoms with Crippen LogP contribution in [-0.4, -0.2) is 26.9 Å². The maximum absolute atomic E-state index is 12.2. The summed E-state index contributed by atoms with van der Waals surface area (Å²) in [5.74, 6) is 0.181. The first-order valence-corrected chi connectivity index (χ1v) is 6.18. The molecule has 1 aliphatic rings. The van der Waals surface area contributed by atoms with E-state index in [4.69, 9.17) is 11.6 Å². The van der Waals surface area contributed by atoms with Gasteiger partial charge in [-0.15, -0.1) is 0 Å². The summed E-state index contributed by atoms with van der Waals surface area (Å²) in [7, 11) is 1.89. The largest absolute Gasteiger partial charge is 0.336 e. The summed E-state index contributed by atoms with van der Waals surface area (Å²) in [5, 5.41) is 0.500. The Bertz CT molecular complexity index is 459. The van der Waals surface area contributed by atoms with Crippen molar-refractivity contribution in [3.8, 4) is 0 Å². The highest BCUT2D eigenvalue weighted by Crippen LogP contribution is 2.25. The number of hydrogen-bond acceptors (Lipinski definition) is 2. The molecule has 0 aliphatic carbocycles. The normalized spacial score (nSPS) is 15.9. The van der Waals surface area contributed by atoms with Gasteiger partial charge in [0.15, 0.2) is 0 Å². The van der Waals surface area contributed by atoms with E-state index in [-0.39, 0.29) is 11.3 Å². The second kappa shape index (κ2) is 4.02. The van der Waals surface area contributed by atoms with Gasteiger partial charge in [-0.2, -0.15) is 0 Å². The quantitative estimate of drug-likeness (QED) is 0.711. The zero-order valence-electron chi connectivity index (χ0n) is 10.7. The fourth-order valence-electron chi connectivity index (χ4n) is 2.10. The molecule has 0 unspecified atom stereocenters. The molecule has 1 aromatic heterocycles. The van der Waals surface area contributed by atoms with Crippen LogP contribution in [0.2, 0.25) is 5.28 Å². The Morgan fingerprint density at radius 1 is 1.41 bits per heavy atom. The van der Waals surface area contributed by atoms with Gasteiger partial charge in [0.1, 0.15) is 0 Å². The van der Waals surface area contributed by atoms with E-state index in [0.717, 1.165) is 24.4 Å². The van der Waals surface area contributed by atoms with Gasteiger partial charge < -0.3 is 9.47 Å². The predicted octanol–water partition coefficient (Wildman–Crippen LogP) is 2.00. The molecule has 0 spiro atoms. The lowest BCUT2D eigenvalue weighted by atomic mass is 9.93. The smallest absolute Gasteiger partial charge is 0.228 e. The van der Waals surface area contributed by atoms with Gasteiger partial charge in [-0.25, -0.2) is 4.98 Å². The zero-order valence-corrected chi connectivity index (χ0v) is 11.5. The SMILES string of the molecule is Cn1c(Cl)nc2c1CN(C(=O)C(C)(C)C)CC2. The molecule has 17 heavy (non-hydrogen) atoms. The lowest BCUT2D eigenvalue weighted by Crippen LogP contribution is -2.42. The number of amides is 1. The maximum atomic E-state index is 12.2. The van der Waals surface area contributed by atoms with Gasteiger partial charge in [-0.1, -0.05) is 20.8 Å². The van der Waals surface area contributed by atoms with E-state index in [1.54, 1.807) is 0 Å². The highest BCUT2D eigenvalue weighted by molar-refractivity contribution is 6.28. The number of carbonyl (C=O) groups excluding carboxylic acids is 1. The van der Waals surface area contributed by atoms with Crippen LogP contribution in [0.1, 0.15) is 32.2 Å². The first kappa shape index (κ1) is 12.4.